The maximum atomic E-state index is 12.1. The Bertz CT molecular complexity index is 1220. The van der Waals surface area contributed by atoms with Crippen LogP contribution in [0.2, 0.25) is 0 Å². The summed E-state index contributed by atoms with van der Waals surface area (Å²) in [5.41, 5.74) is 3.37. The number of nitrogens with zero attached hydrogens (tertiary/aromatic N) is 2. The van der Waals surface area contributed by atoms with Crippen LogP contribution in [0.4, 0.5) is 0 Å². The smallest absolute Gasteiger partial charge is 0.231 e. The third-order valence-corrected chi connectivity index (χ3v) is 6.32. The van der Waals surface area contributed by atoms with Crippen molar-refractivity contribution < 1.29 is 8.42 Å². The molecule has 0 aliphatic heterocycles. The molecule has 29 heavy (non-hydrogen) atoms. The molecule has 0 saturated carbocycles. The zero-order chi connectivity index (χ0) is 20.3. The fraction of sp³-hybridized carbons (Fsp3) is 0.0455. The lowest BCUT2D eigenvalue weighted by molar-refractivity contribution is 0.596. The first-order valence-corrected chi connectivity index (χ1v) is 11.5. The van der Waals surface area contributed by atoms with Gasteiger partial charge in [0.25, 0.3) is 0 Å². The van der Waals surface area contributed by atoms with Crippen LogP contribution in [0.5, 0.6) is 0 Å². The quantitative estimate of drug-likeness (QED) is 0.466. The van der Waals surface area contributed by atoms with Crippen molar-refractivity contribution >= 4 is 21.8 Å². The molecular formula is C22H19N3O2S2. The topological polar surface area (TPSA) is 78.0 Å². The fourth-order valence-electron chi connectivity index (χ4n) is 3.03. The molecule has 0 spiro atoms. The van der Waals surface area contributed by atoms with E-state index in [-0.39, 0.29) is 4.90 Å². The summed E-state index contributed by atoms with van der Waals surface area (Å²) < 4.78 is 25.9. The minimum atomic E-state index is -3.89. The lowest BCUT2D eigenvalue weighted by Crippen LogP contribution is -2.16. The number of para-hydroxylation sites is 1. The molecular weight excluding hydrogens is 402 g/mol. The molecule has 0 fully saturated rings. The van der Waals surface area contributed by atoms with E-state index in [1.165, 1.54) is 11.6 Å². The van der Waals surface area contributed by atoms with Crippen LogP contribution < -0.4 is 5.14 Å². The molecule has 3 aromatic carbocycles. The number of benzene rings is 3. The van der Waals surface area contributed by atoms with E-state index < -0.39 is 10.0 Å². The van der Waals surface area contributed by atoms with E-state index in [1.54, 1.807) is 34.6 Å². The maximum absolute atomic E-state index is 12.1. The molecule has 7 heteroatoms. The molecule has 0 saturated heterocycles. The Hall–Kier alpha value is -2.87. The van der Waals surface area contributed by atoms with Crippen molar-refractivity contribution in [2.75, 3.05) is 0 Å². The van der Waals surface area contributed by atoms with Crippen LogP contribution in [0.25, 0.3) is 16.9 Å². The van der Waals surface area contributed by atoms with Crippen LogP contribution >= 0.6 is 11.8 Å². The van der Waals surface area contributed by atoms with Crippen molar-refractivity contribution in [1.29, 1.82) is 0 Å². The minimum absolute atomic E-state index is 0.0416. The van der Waals surface area contributed by atoms with E-state index in [0.29, 0.717) is 5.69 Å². The lowest BCUT2D eigenvalue weighted by Gasteiger charge is -2.11. The molecule has 0 aliphatic carbocycles. The molecule has 1 heterocycles. The molecule has 0 unspecified atom stereocenters. The van der Waals surface area contributed by atoms with Gasteiger partial charge >= 0.3 is 0 Å². The Balaban J connectivity index is 1.80. The largest absolute Gasteiger partial charge is 0.240 e. The molecule has 4 rings (SSSR count). The fourth-order valence-corrected chi connectivity index (χ4v) is 4.59. The first-order valence-electron chi connectivity index (χ1n) is 8.97. The molecule has 4 aromatic rings. The predicted molar refractivity (Wildman–Crippen MR) is 116 cm³/mol. The number of primary sulfonamides is 1. The van der Waals surface area contributed by atoms with Gasteiger partial charge in [-0.1, -0.05) is 84.6 Å². The highest BCUT2D eigenvalue weighted by molar-refractivity contribution is 7.98. The summed E-state index contributed by atoms with van der Waals surface area (Å²) in [6.07, 6.45) is 0. The third-order valence-electron chi connectivity index (χ3n) is 4.39. The second-order valence-electron chi connectivity index (χ2n) is 6.43. The first kappa shape index (κ1) is 19.4. The Morgan fingerprint density at radius 1 is 0.862 bits per heavy atom. The summed E-state index contributed by atoms with van der Waals surface area (Å²) >= 11 is 1.60. The van der Waals surface area contributed by atoms with Gasteiger partial charge in [0, 0.05) is 11.3 Å². The molecule has 0 radical (unpaired) electrons. The zero-order valence-electron chi connectivity index (χ0n) is 15.5. The summed E-state index contributed by atoms with van der Waals surface area (Å²) in [6, 6.07) is 28.5. The number of nitrogens with two attached hydrogens (primary N) is 1. The van der Waals surface area contributed by atoms with Crippen LogP contribution in [0.3, 0.4) is 0 Å². The number of rotatable bonds is 6. The van der Waals surface area contributed by atoms with Gasteiger partial charge < -0.3 is 0 Å². The van der Waals surface area contributed by atoms with Gasteiger partial charge in [-0.05, 0) is 23.8 Å². The van der Waals surface area contributed by atoms with E-state index in [1.807, 2.05) is 54.6 Å². The Morgan fingerprint density at radius 2 is 1.48 bits per heavy atom. The highest BCUT2D eigenvalue weighted by Crippen LogP contribution is 2.31. The van der Waals surface area contributed by atoms with Crippen molar-refractivity contribution in [2.24, 2.45) is 5.14 Å². The van der Waals surface area contributed by atoms with Crippen LogP contribution in [-0.4, -0.2) is 18.2 Å². The number of hydrogen-bond donors (Lipinski definition) is 1. The highest BCUT2D eigenvalue weighted by atomic mass is 32.2. The average molecular weight is 422 g/mol. The van der Waals surface area contributed by atoms with Crippen molar-refractivity contribution in [3.05, 3.63) is 96.6 Å². The van der Waals surface area contributed by atoms with E-state index in [2.05, 4.69) is 12.1 Å². The molecule has 5 nitrogen and oxygen atoms in total. The van der Waals surface area contributed by atoms with Crippen molar-refractivity contribution in [3.63, 3.8) is 0 Å². The molecule has 0 aliphatic rings. The van der Waals surface area contributed by atoms with E-state index in [4.69, 9.17) is 10.2 Å². The molecule has 2 N–H and O–H groups in total. The minimum Gasteiger partial charge on any atom is -0.231 e. The summed E-state index contributed by atoms with van der Waals surface area (Å²) in [5.74, 6) is 0.767. The van der Waals surface area contributed by atoms with Crippen molar-refractivity contribution in [1.82, 2.24) is 9.78 Å². The Kier molecular flexibility index (Phi) is 5.53. The van der Waals surface area contributed by atoms with Crippen molar-refractivity contribution in [2.45, 2.75) is 15.7 Å². The second-order valence-corrected chi connectivity index (χ2v) is 8.96. The highest BCUT2D eigenvalue weighted by Gasteiger charge is 2.19. The average Bonchev–Trinajstić information content (AvgIpc) is 3.17. The summed E-state index contributed by atoms with van der Waals surface area (Å²) in [7, 11) is -3.89. The summed E-state index contributed by atoms with van der Waals surface area (Å²) in [6.45, 7) is 0. The van der Waals surface area contributed by atoms with Gasteiger partial charge in [-0.15, -0.1) is 0 Å². The second kappa shape index (κ2) is 8.24. The van der Waals surface area contributed by atoms with Crippen LogP contribution in [0.15, 0.2) is 101 Å². The van der Waals surface area contributed by atoms with Gasteiger partial charge in [0.05, 0.1) is 11.4 Å². The monoisotopic (exact) mass is 421 g/mol. The molecule has 1 aromatic heterocycles. The SMILES string of the molecule is NS(=O)(=O)c1ccccc1-n1nc(SCc2ccccc2)cc1-c1ccccc1. The zero-order valence-corrected chi connectivity index (χ0v) is 17.1. The van der Waals surface area contributed by atoms with Gasteiger partial charge in [-0.3, -0.25) is 0 Å². The standard InChI is InChI=1S/C22H19N3O2S2/c23-29(26,27)21-14-8-7-13-19(21)25-20(18-11-5-2-6-12-18)15-22(24-25)28-16-17-9-3-1-4-10-17/h1-15H,16H2,(H2,23,26,27). The molecule has 146 valence electrons. The number of hydrogen-bond acceptors (Lipinski definition) is 4. The third kappa shape index (κ3) is 4.42. The van der Waals surface area contributed by atoms with Crippen molar-refractivity contribution in [3.8, 4) is 16.9 Å². The first-order chi connectivity index (χ1) is 14.0. The Labute approximate surface area is 174 Å². The van der Waals surface area contributed by atoms with Gasteiger partial charge in [0.15, 0.2) is 0 Å². The van der Waals surface area contributed by atoms with E-state index in [9.17, 15) is 8.42 Å². The van der Waals surface area contributed by atoms with Gasteiger partial charge in [-0.2, -0.15) is 5.10 Å². The lowest BCUT2D eigenvalue weighted by atomic mass is 10.1. The number of aromatic nitrogens is 2. The molecule has 0 atom stereocenters. The van der Waals surface area contributed by atoms with E-state index >= 15 is 0 Å². The normalized spacial score (nSPS) is 11.5. The molecule has 0 bridgehead atoms. The van der Waals surface area contributed by atoms with E-state index in [0.717, 1.165) is 22.0 Å². The van der Waals surface area contributed by atoms with Gasteiger partial charge in [0.2, 0.25) is 10.0 Å². The molecule has 0 amide bonds. The van der Waals surface area contributed by atoms with Crippen LogP contribution in [0.1, 0.15) is 5.56 Å². The number of thioether (sulfide) groups is 1. The van der Waals surface area contributed by atoms with Gasteiger partial charge in [-0.25, -0.2) is 18.2 Å². The maximum Gasteiger partial charge on any atom is 0.240 e. The number of sulfonamides is 1. The van der Waals surface area contributed by atoms with Crippen LogP contribution in [-0.2, 0) is 15.8 Å². The Morgan fingerprint density at radius 3 is 2.17 bits per heavy atom. The van der Waals surface area contributed by atoms with Crippen LogP contribution in [0, 0.1) is 0 Å². The summed E-state index contributed by atoms with van der Waals surface area (Å²) in [4.78, 5) is 0.0416. The summed E-state index contributed by atoms with van der Waals surface area (Å²) in [5, 5.41) is 11.0. The predicted octanol–water partition coefficient (Wildman–Crippen LogP) is 4.48. The van der Waals surface area contributed by atoms with Gasteiger partial charge in [0.1, 0.15) is 9.92 Å².